The van der Waals surface area contributed by atoms with Crippen molar-refractivity contribution in [3.63, 3.8) is 0 Å². The van der Waals surface area contributed by atoms with Gasteiger partial charge in [-0.15, -0.1) is 0 Å². The highest BCUT2D eigenvalue weighted by Crippen LogP contribution is 2.36. The Bertz CT molecular complexity index is 598. The quantitative estimate of drug-likeness (QED) is 0.930. The van der Waals surface area contributed by atoms with Crippen LogP contribution in [0.1, 0.15) is 24.2 Å². The monoisotopic (exact) mass is 305 g/mol. The lowest BCUT2D eigenvalue weighted by molar-refractivity contribution is -0.137. The second kappa shape index (κ2) is 5.70. The number of rotatable bonds is 4. The van der Waals surface area contributed by atoms with Crippen molar-refractivity contribution < 1.29 is 17.7 Å². The molecular weight excluding hydrogens is 295 g/mol. The van der Waals surface area contributed by atoms with Crippen LogP contribution in [0, 0.1) is 0 Å². The molecule has 0 saturated heterocycles. The summed E-state index contributed by atoms with van der Waals surface area (Å²) >= 11 is 5.53. The summed E-state index contributed by atoms with van der Waals surface area (Å²) in [6.07, 6.45) is -3.86. The third-order valence-corrected chi connectivity index (χ3v) is 2.87. The standard InChI is InChI=1S/C12H11ClF3N3O/c1-2-10-18-11(20-19-10)6-17-7-3-4-9(13)8(5-7)12(14,15)16/h3-5,17H,2,6H2,1H3. The molecule has 2 aromatic rings. The van der Waals surface area contributed by atoms with Crippen molar-refractivity contribution in [2.45, 2.75) is 26.1 Å². The Morgan fingerprint density at radius 1 is 1.35 bits per heavy atom. The van der Waals surface area contributed by atoms with Gasteiger partial charge in [-0.05, 0) is 18.2 Å². The predicted octanol–water partition coefficient (Wildman–Crippen LogP) is 3.92. The van der Waals surface area contributed by atoms with Crippen molar-refractivity contribution >= 4 is 17.3 Å². The van der Waals surface area contributed by atoms with E-state index in [1.165, 1.54) is 12.1 Å². The van der Waals surface area contributed by atoms with Crippen LogP contribution in [0.15, 0.2) is 22.7 Å². The zero-order valence-corrected chi connectivity index (χ0v) is 11.2. The number of halogens is 4. The molecule has 0 aliphatic rings. The first kappa shape index (κ1) is 14.6. The summed E-state index contributed by atoms with van der Waals surface area (Å²) in [6, 6.07) is 3.59. The fourth-order valence-corrected chi connectivity index (χ4v) is 1.76. The highest BCUT2D eigenvalue weighted by atomic mass is 35.5. The van der Waals surface area contributed by atoms with E-state index < -0.39 is 11.7 Å². The smallest absolute Gasteiger partial charge is 0.376 e. The molecule has 20 heavy (non-hydrogen) atoms. The van der Waals surface area contributed by atoms with E-state index in [0.29, 0.717) is 18.1 Å². The Kier molecular flexibility index (Phi) is 4.17. The summed E-state index contributed by atoms with van der Waals surface area (Å²) in [5.41, 5.74) is -0.609. The number of benzene rings is 1. The third-order valence-electron chi connectivity index (χ3n) is 2.54. The van der Waals surface area contributed by atoms with E-state index >= 15 is 0 Å². The molecule has 1 N–H and O–H groups in total. The number of nitrogens with zero attached hydrogens (tertiary/aromatic N) is 2. The Morgan fingerprint density at radius 3 is 2.70 bits per heavy atom. The molecule has 0 radical (unpaired) electrons. The zero-order valence-electron chi connectivity index (χ0n) is 10.5. The second-order valence-corrected chi connectivity index (χ2v) is 4.41. The van der Waals surface area contributed by atoms with Crippen molar-refractivity contribution in [1.29, 1.82) is 0 Å². The van der Waals surface area contributed by atoms with Crippen LogP contribution in [0.4, 0.5) is 18.9 Å². The number of anilines is 1. The fourth-order valence-electron chi connectivity index (χ4n) is 1.54. The molecule has 2 rings (SSSR count). The highest BCUT2D eigenvalue weighted by Gasteiger charge is 2.33. The number of aryl methyl sites for hydroxylation is 1. The molecule has 1 heterocycles. The van der Waals surface area contributed by atoms with Crippen LogP contribution in [0.3, 0.4) is 0 Å². The van der Waals surface area contributed by atoms with Crippen molar-refractivity contribution in [2.24, 2.45) is 0 Å². The van der Waals surface area contributed by atoms with E-state index in [2.05, 4.69) is 15.5 Å². The maximum atomic E-state index is 12.7. The first-order chi connectivity index (χ1) is 9.40. The molecule has 0 bridgehead atoms. The summed E-state index contributed by atoms with van der Waals surface area (Å²) in [7, 11) is 0. The van der Waals surface area contributed by atoms with Crippen molar-refractivity contribution in [1.82, 2.24) is 10.1 Å². The minimum Gasteiger partial charge on any atom is -0.376 e. The van der Waals surface area contributed by atoms with Crippen molar-refractivity contribution in [3.05, 3.63) is 40.5 Å². The van der Waals surface area contributed by atoms with Gasteiger partial charge in [0, 0.05) is 12.1 Å². The average molecular weight is 306 g/mol. The van der Waals surface area contributed by atoms with Gasteiger partial charge in [-0.3, -0.25) is 0 Å². The molecule has 4 nitrogen and oxygen atoms in total. The van der Waals surface area contributed by atoms with Crippen LogP contribution in [0.2, 0.25) is 5.02 Å². The van der Waals surface area contributed by atoms with Gasteiger partial charge < -0.3 is 9.84 Å². The number of hydrogen-bond donors (Lipinski definition) is 1. The van der Waals surface area contributed by atoms with Crippen LogP contribution < -0.4 is 5.32 Å². The summed E-state index contributed by atoms with van der Waals surface area (Å²) < 4.78 is 43.0. The van der Waals surface area contributed by atoms with Gasteiger partial charge in [0.25, 0.3) is 0 Å². The van der Waals surface area contributed by atoms with Crippen molar-refractivity contribution in [3.8, 4) is 0 Å². The van der Waals surface area contributed by atoms with E-state index in [1.807, 2.05) is 6.92 Å². The fraction of sp³-hybridized carbons (Fsp3) is 0.333. The van der Waals surface area contributed by atoms with Gasteiger partial charge in [-0.2, -0.15) is 18.2 Å². The molecule has 0 fully saturated rings. The Morgan fingerprint density at radius 2 is 2.10 bits per heavy atom. The Labute approximate surface area is 117 Å². The maximum Gasteiger partial charge on any atom is 0.417 e. The molecular formula is C12H11ClF3N3O. The first-order valence-corrected chi connectivity index (χ1v) is 6.20. The molecule has 108 valence electrons. The van der Waals surface area contributed by atoms with Gasteiger partial charge in [0.05, 0.1) is 17.1 Å². The topological polar surface area (TPSA) is 51.0 Å². The number of nitrogens with one attached hydrogen (secondary N) is 1. The van der Waals surface area contributed by atoms with Gasteiger partial charge in [0.1, 0.15) is 0 Å². The van der Waals surface area contributed by atoms with Gasteiger partial charge in [-0.25, -0.2) is 0 Å². The average Bonchev–Trinajstić information content (AvgIpc) is 2.84. The van der Waals surface area contributed by atoms with Gasteiger partial charge in [0.2, 0.25) is 5.89 Å². The second-order valence-electron chi connectivity index (χ2n) is 4.00. The molecule has 0 aliphatic carbocycles. The highest BCUT2D eigenvalue weighted by molar-refractivity contribution is 6.31. The molecule has 0 atom stereocenters. The van der Waals surface area contributed by atoms with E-state index in [-0.39, 0.29) is 17.3 Å². The lowest BCUT2D eigenvalue weighted by atomic mass is 10.2. The van der Waals surface area contributed by atoms with Crippen LogP contribution >= 0.6 is 11.6 Å². The minimum absolute atomic E-state index is 0.145. The minimum atomic E-state index is -4.49. The molecule has 1 aromatic heterocycles. The lowest BCUT2D eigenvalue weighted by Crippen LogP contribution is -2.07. The van der Waals surface area contributed by atoms with E-state index in [4.69, 9.17) is 16.1 Å². The Hall–Kier alpha value is -1.76. The summed E-state index contributed by atoms with van der Waals surface area (Å²) in [4.78, 5) is 4.04. The van der Waals surface area contributed by atoms with E-state index in [9.17, 15) is 13.2 Å². The SMILES string of the molecule is CCc1noc(CNc2ccc(Cl)c(C(F)(F)F)c2)n1. The van der Waals surface area contributed by atoms with Gasteiger partial charge in [-0.1, -0.05) is 23.7 Å². The van der Waals surface area contributed by atoms with Crippen LogP contribution in [0.25, 0.3) is 0 Å². The van der Waals surface area contributed by atoms with Crippen molar-refractivity contribution in [2.75, 3.05) is 5.32 Å². The van der Waals surface area contributed by atoms with Gasteiger partial charge in [0.15, 0.2) is 5.82 Å². The summed E-state index contributed by atoms with van der Waals surface area (Å²) in [5, 5.41) is 6.14. The van der Waals surface area contributed by atoms with E-state index in [1.54, 1.807) is 0 Å². The number of alkyl halides is 3. The van der Waals surface area contributed by atoms with Crippen LogP contribution in [-0.4, -0.2) is 10.1 Å². The predicted molar refractivity (Wildman–Crippen MR) is 67.5 cm³/mol. The first-order valence-electron chi connectivity index (χ1n) is 5.82. The van der Waals surface area contributed by atoms with Gasteiger partial charge >= 0.3 is 6.18 Å². The number of aromatic nitrogens is 2. The molecule has 0 aliphatic heterocycles. The molecule has 0 unspecified atom stereocenters. The largest absolute Gasteiger partial charge is 0.417 e. The molecule has 0 spiro atoms. The molecule has 0 amide bonds. The lowest BCUT2D eigenvalue weighted by Gasteiger charge is -2.11. The van der Waals surface area contributed by atoms with Crippen LogP contribution in [0.5, 0.6) is 0 Å². The molecule has 1 aromatic carbocycles. The molecule has 0 saturated carbocycles. The summed E-state index contributed by atoms with van der Waals surface area (Å²) in [6.45, 7) is 2.02. The number of hydrogen-bond acceptors (Lipinski definition) is 4. The summed E-state index contributed by atoms with van der Waals surface area (Å²) in [5.74, 6) is 0.860. The maximum absolute atomic E-state index is 12.7. The van der Waals surface area contributed by atoms with Crippen LogP contribution in [-0.2, 0) is 19.1 Å². The normalized spacial score (nSPS) is 11.7. The Balaban J connectivity index is 2.10. The van der Waals surface area contributed by atoms with E-state index in [0.717, 1.165) is 6.07 Å². The zero-order chi connectivity index (χ0) is 14.8. The molecule has 8 heteroatoms. The third kappa shape index (κ3) is 3.41.